The predicted molar refractivity (Wildman–Crippen MR) is 94.7 cm³/mol. The Balaban J connectivity index is 2.27. The van der Waals surface area contributed by atoms with Gasteiger partial charge in [-0.15, -0.1) is 0 Å². The monoisotopic (exact) mass is 327 g/mol. The first kappa shape index (κ1) is 17.8. The largest absolute Gasteiger partial charge is 0.362 e. The van der Waals surface area contributed by atoms with Gasteiger partial charge in [-0.2, -0.15) is 0 Å². The highest BCUT2D eigenvalue weighted by atomic mass is 16.2. The highest BCUT2D eigenvalue weighted by Crippen LogP contribution is 2.31. The van der Waals surface area contributed by atoms with E-state index in [1.54, 1.807) is 26.5 Å². The van der Waals surface area contributed by atoms with Crippen LogP contribution in [0.4, 0.5) is 5.82 Å². The summed E-state index contributed by atoms with van der Waals surface area (Å²) in [5, 5.41) is 3.40. The fourth-order valence-corrected chi connectivity index (χ4v) is 2.39. The summed E-state index contributed by atoms with van der Waals surface area (Å²) >= 11 is 0. The van der Waals surface area contributed by atoms with E-state index < -0.39 is 0 Å². The van der Waals surface area contributed by atoms with Crippen LogP contribution in [0.25, 0.3) is 0 Å². The van der Waals surface area contributed by atoms with Crippen molar-refractivity contribution in [1.82, 2.24) is 19.9 Å². The number of aromatic nitrogens is 3. The standard InChI is InChI=1S/C18H25N5O/c1-18(2,3)9-14(13-7-6-8-19-10-13)21-16-12-20-11-15(22-16)17(24)23(4)5/h6-8,10-12,14H,9H2,1-5H3,(H,21,22)/t14-/m0/s1. The summed E-state index contributed by atoms with van der Waals surface area (Å²) in [5.41, 5.74) is 1.53. The Bertz CT molecular complexity index is 679. The first-order valence-corrected chi connectivity index (χ1v) is 7.96. The Morgan fingerprint density at radius 2 is 1.96 bits per heavy atom. The lowest BCUT2D eigenvalue weighted by atomic mass is 9.86. The van der Waals surface area contributed by atoms with E-state index in [1.165, 1.54) is 11.1 Å². The van der Waals surface area contributed by atoms with Gasteiger partial charge in [0.25, 0.3) is 5.91 Å². The molecule has 1 atom stereocenters. The van der Waals surface area contributed by atoms with Crippen molar-refractivity contribution < 1.29 is 4.79 Å². The van der Waals surface area contributed by atoms with Crippen molar-refractivity contribution >= 4 is 11.7 Å². The minimum Gasteiger partial charge on any atom is -0.362 e. The van der Waals surface area contributed by atoms with E-state index in [2.05, 4.69) is 41.0 Å². The second-order valence-corrected chi connectivity index (χ2v) is 7.24. The van der Waals surface area contributed by atoms with E-state index in [1.807, 2.05) is 18.3 Å². The molecule has 2 aromatic rings. The van der Waals surface area contributed by atoms with Gasteiger partial charge in [-0.05, 0) is 23.5 Å². The van der Waals surface area contributed by atoms with Crippen molar-refractivity contribution in [2.75, 3.05) is 19.4 Å². The van der Waals surface area contributed by atoms with Gasteiger partial charge in [0.15, 0.2) is 0 Å². The van der Waals surface area contributed by atoms with Crippen LogP contribution in [0.15, 0.2) is 36.9 Å². The number of carbonyl (C=O) groups is 1. The smallest absolute Gasteiger partial charge is 0.273 e. The number of carbonyl (C=O) groups excluding carboxylic acids is 1. The van der Waals surface area contributed by atoms with Gasteiger partial charge in [0, 0.05) is 26.5 Å². The number of hydrogen-bond donors (Lipinski definition) is 1. The van der Waals surface area contributed by atoms with Gasteiger partial charge in [-0.1, -0.05) is 26.8 Å². The van der Waals surface area contributed by atoms with E-state index >= 15 is 0 Å². The van der Waals surface area contributed by atoms with Crippen LogP contribution < -0.4 is 5.32 Å². The maximum atomic E-state index is 12.1. The average molecular weight is 327 g/mol. The van der Waals surface area contributed by atoms with Crippen LogP contribution in [-0.4, -0.2) is 39.9 Å². The third-order valence-electron chi connectivity index (χ3n) is 3.49. The number of anilines is 1. The highest BCUT2D eigenvalue weighted by Gasteiger charge is 2.21. The lowest BCUT2D eigenvalue weighted by Gasteiger charge is -2.27. The van der Waals surface area contributed by atoms with E-state index in [9.17, 15) is 4.79 Å². The van der Waals surface area contributed by atoms with Gasteiger partial charge in [0.1, 0.15) is 11.5 Å². The fraction of sp³-hybridized carbons (Fsp3) is 0.444. The zero-order chi connectivity index (χ0) is 17.7. The Hall–Kier alpha value is -2.50. The zero-order valence-corrected chi connectivity index (χ0v) is 14.9. The zero-order valence-electron chi connectivity index (χ0n) is 14.9. The molecule has 0 unspecified atom stereocenters. The summed E-state index contributed by atoms with van der Waals surface area (Å²) in [4.78, 5) is 26.3. The molecule has 0 aliphatic rings. The Morgan fingerprint density at radius 3 is 2.54 bits per heavy atom. The van der Waals surface area contributed by atoms with Crippen LogP contribution in [0.3, 0.4) is 0 Å². The third kappa shape index (κ3) is 5.01. The predicted octanol–water partition coefficient (Wildman–Crippen LogP) is 3.16. The molecule has 2 heterocycles. The van der Waals surface area contributed by atoms with Gasteiger partial charge in [-0.3, -0.25) is 14.8 Å². The van der Waals surface area contributed by atoms with E-state index in [4.69, 9.17) is 0 Å². The van der Waals surface area contributed by atoms with Crippen LogP contribution in [-0.2, 0) is 0 Å². The summed E-state index contributed by atoms with van der Waals surface area (Å²) < 4.78 is 0. The van der Waals surface area contributed by atoms with Crippen molar-refractivity contribution in [3.8, 4) is 0 Å². The molecular formula is C18H25N5O. The maximum absolute atomic E-state index is 12.1. The number of amides is 1. The van der Waals surface area contributed by atoms with Gasteiger partial charge >= 0.3 is 0 Å². The molecule has 0 aromatic carbocycles. The van der Waals surface area contributed by atoms with Gasteiger partial charge < -0.3 is 10.2 Å². The second-order valence-electron chi connectivity index (χ2n) is 7.24. The van der Waals surface area contributed by atoms with Crippen LogP contribution >= 0.6 is 0 Å². The van der Waals surface area contributed by atoms with Crippen molar-refractivity contribution in [3.63, 3.8) is 0 Å². The van der Waals surface area contributed by atoms with Crippen LogP contribution in [0.1, 0.15) is 49.3 Å². The maximum Gasteiger partial charge on any atom is 0.273 e. The Labute approximate surface area is 143 Å². The molecule has 0 radical (unpaired) electrons. The first-order valence-electron chi connectivity index (χ1n) is 7.96. The molecule has 0 aliphatic heterocycles. The Kier molecular flexibility index (Phi) is 5.49. The van der Waals surface area contributed by atoms with Crippen molar-refractivity contribution in [2.45, 2.75) is 33.2 Å². The van der Waals surface area contributed by atoms with Crippen LogP contribution in [0.5, 0.6) is 0 Å². The van der Waals surface area contributed by atoms with Crippen molar-refractivity contribution in [1.29, 1.82) is 0 Å². The molecule has 0 saturated carbocycles. The molecule has 128 valence electrons. The number of nitrogens with zero attached hydrogens (tertiary/aromatic N) is 4. The molecule has 2 aromatic heterocycles. The Morgan fingerprint density at radius 1 is 1.21 bits per heavy atom. The molecular weight excluding hydrogens is 302 g/mol. The molecule has 1 N–H and O–H groups in total. The third-order valence-corrected chi connectivity index (χ3v) is 3.49. The van der Waals surface area contributed by atoms with E-state index in [0.29, 0.717) is 11.5 Å². The lowest BCUT2D eigenvalue weighted by Crippen LogP contribution is -2.24. The molecule has 24 heavy (non-hydrogen) atoms. The number of nitrogens with one attached hydrogen (secondary N) is 1. The molecule has 0 aliphatic carbocycles. The van der Waals surface area contributed by atoms with Crippen molar-refractivity contribution in [2.24, 2.45) is 5.41 Å². The van der Waals surface area contributed by atoms with Crippen molar-refractivity contribution in [3.05, 3.63) is 48.2 Å². The normalized spacial score (nSPS) is 12.5. The molecule has 6 nitrogen and oxygen atoms in total. The van der Waals surface area contributed by atoms with Crippen LogP contribution in [0.2, 0.25) is 0 Å². The summed E-state index contributed by atoms with van der Waals surface area (Å²) in [6.07, 6.45) is 7.63. The van der Waals surface area contributed by atoms with E-state index in [0.717, 1.165) is 12.0 Å². The average Bonchev–Trinajstić information content (AvgIpc) is 2.53. The molecule has 6 heteroatoms. The SMILES string of the molecule is CN(C)C(=O)c1cncc(N[C@@H](CC(C)(C)C)c2cccnc2)n1. The van der Waals surface area contributed by atoms with Crippen LogP contribution in [0, 0.1) is 5.41 Å². The minimum atomic E-state index is -0.167. The molecule has 2 rings (SSSR count). The molecule has 0 spiro atoms. The quantitative estimate of drug-likeness (QED) is 0.913. The van der Waals surface area contributed by atoms with E-state index in [-0.39, 0.29) is 17.4 Å². The van der Waals surface area contributed by atoms with Gasteiger partial charge in [0.05, 0.1) is 18.4 Å². The van der Waals surface area contributed by atoms with Gasteiger partial charge in [-0.25, -0.2) is 4.98 Å². The minimum absolute atomic E-state index is 0.0395. The lowest BCUT2D eigenvalue weighted by molar-refractivity contribution is 0.0821. The summed E-state index contributed by atoms with van der Waals surface area (Å²) in [6.45, 7) is 6.57. The number of hydrogen-bond acceptors (Lipinski definition) is 5. The summed E-state index contributed by atoms with van der Waals surface area (Å²) in [6, 6.07) is 4.00. The summed E-state index contributed by atoms with van der Waals surface area (Å²) in [7, 11) is 3.39. The second kappa shape index (κ2) is 7.38. The molecule has 1 amide bonds. The topological polar surface area (TPSA) is 71.0 Å². The molecule has 0 bridgehead atoms. The van der Waals surface area contributed by atoms with Gasteiger partial charge in [0.2, 0.25) is 0 Å². The fourth-order valence-electron chi connectivity index (χ4n) is 2.39. The highest BCUT2D eigenvalue weighted by molar-refractivity contribution is 5.91. The molecule has 0 fully saturated rings. The molecule has 0 saturated heterocycles. The number of pyridine rings is 1. The number of rotatable bonds is 5. The summed E-state index contributed by atoms with van der Waals surface area (Å²) in [5.74, 6) is 0.417. The first-order chi connectivity index (χ1) is 11.3.